The van der Waals surface area contributed by atoms with Gasteiger partial charge in [0, 0.05) is 10.6 Å². The van der Waals surface area contributed by atoms with Gasteiger partial charge < -0.3 is 14.2 Å². The fraction of sp³-hybridized carbons (Fsp3) is 0.167. The first-order valence-corrected chi connectivity index (χ1v) is 8.69. The molecule has 0 fully saturated rings. The smallest absolute Gasteiger partial charge is 0.161 e. The van der Waals surface area contributed by atoms with E-state index in [4.69, 9.17) is 37.4 Å². The number of para-hydroxylation sites is 2. The van der Waals surface area contributed by atoms with Crippen LogP contribution in [0.1, 0.15) is 5.56 Å². The lowest BCUT2D eigenvalue weighted by molar-refractivity contribution is 0.211. The maximum Gasteiger partial charge on any atom is 0.161 e. The van der Waals surface area contributed by atoms with Crippen molar-refractivity contribution in [1.29, 1.82) is 0 Å². The summed E-state index contributed by atoms with van der Waals surface area (Å²) in [7, 11) is 1.59. The van der Waals surface area contributed by atoms with Crippen LogP contribution in [-0.2, 0) is 0 Å². The molecule has 140 valence electrons. The van der Waals surface area contributed by atoms with Gasteiger partial charge in [-0.1, -0.05) is 35.3 Å². The van der Waals surface area contributed by atoms with Gasteiger partial charge in [0.15, 0.2) is 11.5 Å². The number of ether oxygens (including phenoxy) is 3. The number of methoxy groups -OCH3 is 1. The molecule has 27 heavy (non-hydrogen) atoms. The van der Waals surface area contributed by atoms with Gasteiger partial charge in [-0.2, -0.15) is 5.10 Å². The Bertz CT molecular complexity index is 917. The van der Waals surface area contributed by atoms with E-state index >= 15 is 0 Å². The molecule has 0 radical (unpaired) electrons. The molecule has 0 unspecified atom stereocenters. The third-order valence-electron chi connectivity index (χ3n) is 3.43. The maximum atomic E-state index is 6.28. The average molecular weight is 407 g/mol. The molecule has 0 aliphatic heterocycles. The number of halogens is 2. The first-order valence-electron chi connectivity index (χ1n) is 7.94. The summed E-state index contributed by atoms with van der Waals surface area (Å²) in [6.07, 6.45) is 4.49. The summed E-state index contributed by atoms with van der Waals surface area (Å²) < 4.78 is 18.2. The second kappa shape index (κ2) is 9.25. The van der Waals surface area contributed by atoms with E-state index in [0.717, 1.165) is 0 Å². The Morgan fingerprint density at radius 3 is 2.48 bits per heavy atom. The lowest BCUT2D eigenvalue weighted by Crippen LogP contribution is -2.11. The van der Waals surface area contributed by atoms with Crippen molar-refractivity contribution in [3.63, 3.8) is 0 Å². The van der Waals surface area contributed by atoms with Crippen molar-refractivity contribution in [3.8, 4) is 17.2 Å². The van der Waals surface area contributed by atoms with Crippen LogP contribution < -0.4 is 14.2 Å². The van der Waals surface area contributed by atoms with Crippen LogP contribution in [0.5, 0.6) is 17.2 Å². The van der Waals surface area contributed by atoms with Gasteiger partial charge >= 0.3 is 0 Å². The molecule has 0 saturated heterocycles. The van der Waals surface area contributed by atoms with E-state index in [1.807, 2.05) is 24.3 Å². The number of rotatable bonds is 8. The molecule has 0 spiro atoms. The molecule has 3 rings (SSSR count). The highest BCUT2D eigenvalue weighted by Crippen LogP contribution is 2.32. The fourth-order valence-corrected chi connectivity index (χ4v) is 2.81. The van der Waals surface area contributed by atoms with Gasteiger partial charge in [0.25, 0.3) is 0 Å². The first kappa shape index (κ1) is 19.0. The third kappa shape index (κ3) is 5.12. The normalized spacial score (nSPS) is 10.9. The molecule has 0 bridgehead atoms. The molecule has 3 aromatic rings. The highest BCUT2D eigenvalue weighted by Gasteiger charge is 2.10. The number of hydrogen-bond donors (Lipinski definition) is 0. The number of hydrogen-bond acceptors (Lipinski definition) is 6. The van der Waals surface area contributed by atoms with Crippen molar-refractivity contribution in [2.75, 3.05) is 20.3 Å². The summed E-state index contributed by atoms with van der Waals surface area (Å²) in [4.78, 5) is 0. The van der Waals surface area contributed by atoms with Gasteiger partial charge in [-0.25, -0.2) is 4.68 Å². The Balaban J connectivity index is 1.67. The lowest BCUT2D eigenvalue weighted by Gasteiger charge is -2.13. The quantitative estimate of drug-likeness (QED) is 0.418. The van der Waals surface area contributed by atoms with Gasteiger partial charge in [-0.05, 0) is 24.3 Å². The van der Waals surface area contributed by atoms with E-state index in [-0.39, 0.29) is 6.61 Å². The van der Waals surface area contributed by atoms with Crippen molar-refractivity contribution in [2.45, 2.75) is 0 Å². The van der Waals surface area contributed by atoms with E-state index in [2.05, 4.69) is 15.3 Å². The predicted molar refractivity (Wildman–Crippen MR) is 103 cm³/mol. The topological polar surface area (TPSA) is 70.8 Å². The Morgan fingerprint density at radius 1 is 1.04 bits per heavy atom. The summed E-state index contributed by atoms with van der Waals surface area (Å²) in [6, 6.07) is 10.7. The Hall–Kier alpha value is -2.77. The minimum Gasteiger partial charge on any atom is -0.493 e. The minimum atomic E-state index is 0.271. The molecule has 0 aliphatic carbocycles. The molecule has 0 amide bonds. The molecule has 1 aromatic heterocycles. The van der Waals surface area contributed by atoms with Crippen LogP contribution in [-0.4, -0.2) is 41.4 Å². The van der Waals surface area contributed by atoms with Gasteiger partial charge in [-0.15, -0.1) is 10.2 Å². The van der Waals surface area contributed by atoms with Crippen LogP contribution in [0.4, 0.5) is 0 Å². The zero-order valence-electron chi connectivity index (χ0n) is 14.4. The number of benzene rings is 2. The summed E-state index contributed by atoms with van der Waals surface area (Å²) in [6.45, 7) is 0.578. The van der Waals surface area contributed by atoms with E-state index in [9.17, 15) is 0 Å². The maximum absolute atomic E-state index is 6.28. The fourth-order valence-electron chi connectivity index (χ4n) is 2.25. The lowest BCUT2D eigenvalue weighted by atomic mass is 10.2. The second-order valence-corrected chi connectivity index (χ2v) is 6.08. The highest BCUT2D eigenvalue weighted by atomic mass is 35.5. The van der Waals surface area contributed by atoms with E-state index in [0.29, 0.717) is 39.5 Å². The molecule has 7 nitrogen and oxygen atoms in total. The van der Waals surface area contributed by atoms with Crippen molar-refractivity contribution >= 4 is 29.4 Å². The molecule has 0 atom stereocenters. The summed E-state index contributed by atoms with van der Waals surface area (Å²) in [5.41, 5.74) is 0.624. The summed E-state index contributed by atoms with van der Waals surface area (Å²) >= 11 is 12.4. The third-order valence-corrected chi connectivity index (χ3v) is 3.93. The van der Waals surface area contributed by atoms with Gasteiger partial charge in [0.05, 0.1) is 18.3 Å². The molecule has 9 heteroatoms. The Labute approximate surface area is 166 Å². The summed E-state index contributed by atoms with van der Waals surface area (Å²) in [5.74, 6) is 1.76. The molecule has 1 heterocycles. The van der Waals surface area contributed by atoms with Crippen LogP contribution in [0, 0.1) is 0 Å². The van der Waals surface area contributed by atoms with Crippen molar-refractivity contribution in [3.05, 3.63) is 64.7 Å². The van der Waals surface area contributed by atoms with Crippen molar-refractivity contribution < 1.29 is 14.2 Å². The molecule has 0 aliphatic rings. The molecular weight excluding hydrogens is 391 g/mol. The van der Waals surface area contributed by atoms with Gasteiger partial charge in [-0.3, -0.25) is 0 Å². The van der Waals surface area contributed by atoms with E-state index in [1.54, 1.807) is 25.5 Å². The van der Waals surface area contributed by atoms with Crippen molar-refractivity contribution in [2.24, 2.45) is 5.10 Å². The average Bonchev–Trinajstić information content (AvgIpc) is 3.18. The van der Waals surface area contributed by atoms with Crippen LogP contribution in [0.15, 0.2) is 54.2 Å². The largest absolute Gasteiger partial charge is 0.493 e. The van der Waals surface area contributed by atoms with Crippen LogP contribution in [0.25, 0.3) is 0 Å². The van der Waals surface area contributed by atoms with Crippen molar-refractivity contribution in [1.82, 2.24) is 14.9 Å². The monoisotopic (exact) mass is 406 g/mol. The molecular formula is C18H16Cl2N4O3. The van der Waals surface area contributed by atoms with E-state index in [1.165, 1.54) is 17.3 Å². The van der Waals surface area contributed by atoms with Gasteiger partial charge in [0.1, 0.15) is 31.6 Å². The SMILES string of the molecule is COc1ccccc1OCCOc1c(Cl)cc(Cl)cc1/C=N\n1cnnc1. The van der Waals surface area contributed by atoms with E-state index < -0.39 is 0 Å². The minimum absolute atomic E-state index is 0.271. The standard InChI is InChI=1S/C18H16Cl2N4O3/c1-25-16-4-2-3-5-17(16)26-6-7-27-18-13(8-14(19)9-15(18)20)10-23-24-11-21-22-12-24/h2-5,8-12H,6-7H2,1H3/b23-10-. The molecule has 0 N–H and O–H groups in total. The highest BCUT2D eigenvalue weighted by molar-refractivity contribution is 6.36. The van der Waals surface area contributed by atoms with Crippen LogP contribution in [0.3, 0.4) is 0 Å². The first-order chi connectivity index (χ1) is 13.2. The Morgan fingerprint density at radius 2 is 1.74 bits per heavy atom. The second-order valence-electron chi connectivity index (χ2n) is 5.24. The Kier molecular flexibility index (Phi) is 6.51. The van der Waals surface area contributed by atoms with Crippen LogP contribution in [0.2, 0.25) is 10.0 Å². The number of nitrogens with zero attached hydrogens (tertiary/aromatic N) is 4. The number of aromatic nitrogens is 3. The molecule has 0 saturated carbocycles. The predicted octanol–water partition coefficient (Wildman–Crippen LogP) is 3.93. The zero-order chi connectivity index (χ0) is 19.1. The summed E-state index contributed by atoms with van der Waals surface area (Å²) in [5, 5.41) is 12.4. The zero-order valence-corrected chi connectivity index (χ0v) is 15.9. The van der Waals surface area contributed by atoms with Crippen LogP contribution >= 0.6 is 23.2 Å². The molecule has 2 aromatic carbocycles. The van der Waals surface area contributed by atoms with Gasteiger partial charge in [0.2, 0.25) is 0 Å².